The Labute approximate surface area is 89.7 Å². The Bertz CT molecular complexity index is 618. The van der Waals surface area contributed by atoms with E-state index in [4.69, 9.17) is 4.42 Å². The van der Waals surface area contributed by atoms with Crippen LogP contribution in [0.5, 0.6) is 0 Å². The first-order valence-electron chi connectivity index (χ1n) is 4.57. The maximum atomic E-state index is 12.9. The summed E-state index contributed by atoms with van der Waals surface area (Å²) in [5.74, 6) is -1.18. The van der Waals surface area contributed by atoms with E-state index in [1.54, 1.807) is 0 Å². The van der Waals surface area contributed by atoms with Gasteiger partial charge in [0.05, 0.1) is 5.39 Å². The summed E-state index contributed by atoms with van der Waals surface area (Å²) in [6.45, 7) is 0. The summed E-state index contributed by atoms with van der Waals surface area (Å²) in [5, 5.41) is 2.57. The second-order valence-electron chi connectivity index (χ2n) is 3.19. The van der Waals surface area contributed by atoms with Gasteiger partial charge in [0.1, 0.15) is 11.4 Å². The van der Waals surface area contributed by atoms with E-state index in [9.17, 15) is 14.0 Å². The van der Waals surface area contributed by atoms with Crippen molar-refractivity contribution in [3.05, 3.63) is 46.1 Å². The number of benzene rings is 1. The Morgan fingerprint density at radius 2 is 2.12 bits per heavy atom. The lowest BCUT2D eigenvalue weighted by atomic mass is 10.2. The van der Waals surface area contributed by atoms with Crippen LogP contribution in [0.2, 0.25) is 0 Å². The molecule has 5 heteroatoms. The zero-order valence-electron chi connectivity index (χ0n) is 8.41. The molecule has 0 radical (unpaired) electrons. The average molecular weight is 221 g/mol. The van der Waals surface area contributed by atoms with Crippen molar-refractivity contribution in [1.82, 2.24) is 5.32 Å². The third-order valence-electron chi connectivity index (χ3n) is 2.14. The molecule has 0 saturated heterocycles. The van der Waals surface area contributed by atoms with E-state index in [1.807, 2.05) is 0 Å². The molecule has 1 aromatic heterocycles. The predicted octanol–water partition coefficient (Wildman–Crippen LogP) is 1.29. The molecule has 0 bridgehead atoms. The molecule has 82 valence electrons. The van der Waals surface area contributed by atoms with Crippen molar-refractivity contribution in [3.63, 3.8) is 0 Å². The largest absolute Gasteiger partial charge is 0.451 e. The summed E-state index contributed by atoms with van der Waals surface area (Å²) < 4.78 is 18.0. The number of hydrogen-bond acceptors (Lipinski definition) is 3. The molecular formula is C11H8FNO3. The van der Waals surface area contributed by atoms with Gasteiger partial charge in [-0.1, -0.05) is 0 Å². The van der Waals surface area contributed by atoms with Crippen LogP contribution in [-0.4, -0.2) is 13.0 Å². The fourth-order valence-corrected chi connectivity index (χ4v) is 1.36. The topological polar surface area (TPSA) is 59.3 Å². The number of fused-ring (bicyclic) bond motifs is 1. The Morgan fingerprint density at radius 1 is 1.38 bits per heavy atom. The van der Waals surface area contributed by atoms with Crippen LogP contribution >= 0.6 is 0 Å². The molecule has 0 atom stereocenters. The molecule has 0 aliphatic heterocycles. The first-order valence-corrected chi connectivity index (χ1v) is 4.57. The minimum atomic E-state index is -0.525. The van der Waals surface area contributed by atoms with Gasteiger partial charge in [-0.15, -0.1) is 0 Å². The van der Waals surface area contributed by atoms with Crippen molar-refractivity contribution < 1.29 is 13.6 Å². The quantitative estimate of drug-likeness (QED) is 0.789. The summed E-state index contributed by atoms with van der Waals surface area (Å²) in [6, 6.07) is 4.64. The highest BCUT2D eigenvalue weighted by atomic mass is 19.1. The molecular weight excluding hydrogens is 213 g/mol. The van der Waals surface area contributed by atoms with E-state index < -0.39 is 11.7 Å². The monoisotopic (exact) mass is 221 g/mol. The van der Waals surface area contributed by atoms with Crippen molar-refractivity contribution in [2.24, 2.45) is 0 Å². The van der Waals surface area contributed by atoms with Crippen LogP contribution in [0.25, 0.3) is 11.0 Å². The fraction of sp³-hybridized carbons (Fsp3) is 0.0909. The average Bonchev–Trinajstić information content (AvgIpc) is 2.27. The lowest BCUT2D eigenvalue weighted by Gasteiger charge is -2.01. The van der Waals surface area contributed by atoms with Gasteiger partial charge in [-0.3, -0.25) is 9.59 Å². The van der Waals surface area contributed by atoms with Gasteiger partial charge in [-0.05, 0) is 12.1 Å². The van der Waals surface area contributed by atoms with Gasteiger partial charge in [-0.2, -0.15) is 0 Å². The maximum Gasteiger partial charge on any atom is 0.286 e. The second kappa shape index (κ2) is 3.77. The van der Waals surface area contributed by atoms with Crippen LogP contribution < -0.4 is 10.7 Å². The lowest BCUT2D eigenvalue weighted by molar-refractivity contribution is 0.0936. The third kappa shape index (κ3) is 1.67. The molecule has 1 heterocycles. The molecule has 2 aromatic rings. The van der Waals surface area contributed by atoms with Crippen LogP contribution in [0.4, 0.5) is 4.39 Å². The summed E-state index contributed by atoms with van der Waals surface area (Å²) in [5.41, 5.74) is -0.314. The Balaban J connectivity index is 2.75. The summed E-state index contributed by atoms with van der Waals surface area (Å²) in [6.07, 6.45) is 0. The number of halogens is 1. The molecule has 16 heavy (non-hydrogen) atoms. The standard InChI is InChI=1S/C11H8FNO3/c1-13-11(15)10-5-8(14)7-3-2-6(12)4-9(7)16-10/h2-5H,1H3,(H,13,15). The summed E-state index contributed by atoms with van der Waals surface area (Å²) in [4.78, 5) is 22.8. The Kier molecular flexibility index (Phi) is 2.44. The van der Waals surface area contributed by atoms with E-state index in [-0.39, 0.29) is 22.2 Å². The zero-order valence-corrected chi connectivity index (χ0v) is 8.41. The van der Waals surface area contributed by atoms with Gasteiger partial charge in [0.25, 0.3) is 5.91 Å². The summed E-state index contributed by atoms with van der Waals surface area (Å²) >= 11 is 0. The number of carbonyl (C=O) groups excluding carboxylic acids is 1. The van der Waals surface area contributed by atoms with Crippen LogP contribution in [0.15, 0.2) is 33.5 Å². The minimum Gasteiger partial charge on any atom is -0.451 e. The number of carbonyl (C=O) groups is 1. The molecule has 4 nitrogen and oxygen atoms in total. The first kappa shape index (κ1) is 10.4. The molecule has 0 unspecified atom stereocenters. The summed E-state index contributed by atoms with van der Waals surface area (Å²) in [7, 11) is 1.41. The van der Waals surface area contributed by atoms with Crippen molar-refractivity contribution in [2.75, 3.05) is 7.05 Å². The molecule has 0 aliphatic rings. The normalized spacial score (nSPS) is 10.4. The molecule has 0 aliphatic carbocycles. The van der Waals surface area contributed by atoms with Crippen molar-refractivity contribution in [2.45, 2.75) is 0 Å². The Hall–Kier alpha value is -2.17. The lowest BCUT2D eigenvalue weighted by Crippen LogP contribution is -2.19. The van der Waals surface area contributed by atoms with Gasteiger partial charge < -0.3 is 9.73 Å². The van der Waals surface area contributed by atoms with E-state index in [0.717, 1.165) is 12.1 Å². The molecule has 1 amide bonds. The number of hydrogen-bond donors (Lipinski definition) is 1. The van der Waals surface area contributed by atoms with Crippen LogP contribution in [0.1, 0.15) is 10.6 Å². The SMILES string of the molecule is CNC(=O)c1cc(=O)c2ccc(F)cc2o1. The van der Waals surface area contributed by atoms with E-state index in [0.29, 0.717) is 0 Å². The molecule has 2 rings (SSSR count). The minimum absolute atomic E-state index is 0.0612. The third-order valence-corrected chi connectivity index (χ3v) is 2.14. The van der Waals surface area contributed by atoms with Gasteiger partial charge >= 0.3 is 0 Å². The first-order chi connectivity index (χ1) is 7.61. The highest BCUT2D eigenvalue weighted by Gasteiger charge is 2.10. The molecule has 0 saturated carbocycles. The van der Waals surface area contributed by atoms with Gasteiger partial charge in [0.2, 0.25) is 0 Å². The van der Waals surface area contributed by atoms with Gasteiger partial charge in [0, 0.05) is 19.2 Å². The van der Waals surface area contributed by atoms with E-state index >= 15 is 0 Å². The molecule has 1 N–H and O–H groups in total. The number of amides is 1. The van der Waals surface area contributed by atoms with Crippen LogP contribution in [0, 0.1) is 5.82 Å². The number of nitrogens with one attached hydrogen (secondary N) is 1. The van der Waals surface area contributed by atoms with Crippen LogP contribution in [0.3, 0.4) is 0 Å². The van der Waals surface area contributed by atoms with Crippen LogP contribution in [-0.2, 0) is 0 Å². The van der Waals surface area contributed by atoms with E-state index in [1.165, 1.54) is 19.2 Å². The molecule has 0 spiro atoms. The van der Waals surface area contributed by atoms with Crippen molar-refractivity contribution in [1.29, 1.82) is 0 Å². The fourth-order valence-electron chi connectivity index (χ4n) is 1.36. The maximum absolute atomic E-state index is 12.9. The Morgan fingerprint density at radius 3 is 2.81 bits per heavy atom. The zero-order chi connectivity index (χ0) is 11.7. The highest BCUT2D eigenvalue weighted by molar-refractivity contribution is 5.92. The van der Waals surface area contributed by atoms with Gasteiger partial charge in [0.15, 0.2) is 11.2 Å². The predicted molar refractivity (Wildman–Crippen MR) is 55.8 cm³/mol. The molecule has 0 fully saturated rings. The van der Waals surface area contributed by atoms with Crippen molar-refractivity contribution >= 4 is 16.9 Å². The van der Waals surface area contributed by atoms with Gasteiger partial charge in [-0.25, -0.2) is 4.39 Å². The smallest absolute Gasteiger partial charge is 0.286 e. The van der Waals surface area contributed by atoms with E-state index in [2.05, 4.69) is 5.32 Å². The number of rotatable bonds is 1. The second-order valence-corrected chi connectivity index (χ2v) is 3.19. The highest BCUT2D eigenvalue weighted by Crippen LogP contribution is 2.13. The molecule has 1 aromatic carbocycles. The van der Waals surface area contributed by atoms with Crippen molar-refractivity contribution in [3.8, 4) is 0 Å².